The second kappa shape index (κ2) is 4.06. The zero-order valence-electron chi connectivity index (χ0n) is 8.45. The number of carbonyl (C=O) groups excluding carboxylic acids is 1. The summed E-state index contributed by atoms with van der Waals surface area (Å²) in [5.74, 6) is -0.884. The average molecular weight is 239 g/mol. The minimum Gasteiger partial charge on any atom is -0.331 e. The number of hydrogen-bond acceptors (Lipinski definition) is 2. The highest BCUT2D eigenvalue weighted by molar-refractivity contribution is 6.30. The summed E-state index contributed by atoms with van der Waals surface area (Å²) < 4.78 is 14.8. The van der Waals surface area contributed by atoms with E-state index in [4.69, 9.17) is 11.6 Å². The van der Waals surface area contributed by atoms with Gasteiger partial charge < -0.3 is 4.57 Å². The Morgan fingerprint density at radius 3 is 2.81 bits per heavy atom. The fourth-order valence-corrected chi connectivity index (χ4v) is 1.48. The summed E-state index contributed by atoms with van der Waals surface area (Å²) in [7, 11) is 1.70. The highest BCUT2D eigenvalue weighted by Gasteiger charge is 2.14. The van der Waals surface area contributed by atoms with E-state index < -0.39 is 5.82 Å². The third-order valence-corrected chi connectivity index (χ3v) is 2.54. The van der Waals surface area contributed by atoms with E-state index in [1.807, 2.05) is 0 Å². The molecule has 0 atom stereocenters. The number of aromatic nitrogens is 2. The molecule has 0 unspecified atom stereocenters. The van der Waals surface area contributed by atoms with Crippen LogP contribution in [0.25, 0.3) is 0 Å². The number of aryl methyl sites for hydroxylation is 1. The molecule has 0 radical (unpaired) electrons. The second-order valence-electron chi connectivity index (χ2n) is 3.35. The predicted octanol–water partition coefficient (Wildman–Crippen LogP) is 2.44. The number of nitrogens with zero attached hydrogens (tertiary/aromatic N) is 2. The lowest BCUT2D eigenvalue weighted by Gasteiger charge is -2.02. The number of imidazole rings is 1. The lowest BCUT2D eigenvalue weighted by molar-refractivity contribution is 0.103. The third kappa shape index (κ3) is 1.84. The first-order chi connectivity index (χ1) is 7.59. The number of halogens is 2. The van der Waals surface area contributed by atoms with Crippen LogP contribution in [0.3, 0.4) is 0 Å². The predicted molar refractivity (Wildman–Crippen MR) is 58.1 cm³/mol. The minimum atomic E-state index is -0.602. The topological polar surface area (TPSA) is 34.9 Å². The molecule has 0 bridgehead atoms. The quantitative estimate of drug-likeness (QED) is 0.754. The third-order valence-electron chi connectivity index (χ3n) is 2.23. The van der Waals surface area contributed by atoms with Crippen LogP contribution in [0.5, 0.6) is 0 Å². The van der Waals surface area contributed by atoms with E-state index in [1.165, 1.54) is 24.7 Å². The van der Waals surface area contributed by atoms with Crippen LogP contribution in [0.1, 0.15) is 16.1 Å². The molecule has 82 valence electrons. The Bertz CT molecular complexity index is 551. The van der Waals surface area contributed by atoms with Gasteiger partial charge in [0.15, 0.2) is 0 Å². The maximum atomic E-state index is 13.2. The molecule has 0 aliphatic rings. The summed E-state index contributed by atoms with van der Waals surface area (Å²) in [4.78, 5) is 15.8. The molecular weight excluding hydrogens is 231 g/mol. The standard InChI is InChI=1S/C11H8ClFN2O/c1-15-6-14-5-10(15)11(16)7-2-3-8(12)9(13)4-7/h2-6H,1H3. The summed E-state index contributed by atoms with van der Waals surface area (Å²) in [6.07, 6.45) is 2.95. The molecule has 1 aromatic carbocycles. The average Bonchev–Trinajstić information content (AvgIpc) is 2.67. The first-order valence-corrected chi connectivity index (χ1v) is 4.93. The van der Waals surface area contributed by atoms with Gasteiger partial charge in [-0.3, -0.25) is 4.79 Å². The highest BCUT2D eigenvalue weighted by atomic mass is 35.5. The van der Waals surface area contributed by atoms with E-state index in [9.17, 15) is 9.18 Å². The van der Waals surface area contributed by atoms with Gasteiger partial charge in [0.05, 0.1) is 17.5 Å². The molecule has 0 saturated heterocycles. The molecule has 1 aromatic heterocycles. The van der Waals surface area contributed by atoms with Gasteiger partial charge in [-0.2, -0.15) is 0 Å². The van der Waals surface area contributed by atoms with Crippen molar-refractivity contribution in [1.82, 2.24) is 9.55 Å². The Morgan fingerprint density at radius 1 is 1.50 bits per heavy atom. The van der Waals surface area contributed by atoms with Gasteiger partial charge in [-0.1, -0.05) is 11.6 Å². The first kappa shape index (κ1) is 10.8. The second-order valence-corrected chi connectivity index (χ2v) is 3.75. The van der Waals surface area contributed by atoms with E-state index in [0.29, 0.717) is 5.69 Å². The van der Waals surface area contributed by atoms with Crippen molar-refractivity contribution in [3.63, 3.8) is 0 Å². The summed E-state index contributed by atoms with van der Waals surface area (Å²) in [5, 5.41) is 0.00144. The lowest BCUT2D eigenvalue weighted by Crippen LogP contribution is -2.07. The monoisotopic (exact) mass is 238 g/mol. The van der Waals surface area contributed by atoms with E-state index in [2.05, 4.69) is 4.98 Å². The molecule has 5 heteroatoms. The van der Waals surface area contributed by atoms with Crippen LogP contribution in [0, 0.1) is 5.82 Å². The molecule has 0 aliphatic heterocycles. The van der Waals surface area contributed by atoms with Crippen LogP contribution >= 0.6 is 11.6 Å². The number of benzene rings is 1. The molecule has 16 heavy (non-hydrogen) atoms. The van der Waals surface area contributed by atoms with Crippen LogP contribution in [0.2, 0.25) is 5.02 Å². The maximum absolute atomic E-state index is 13.2. The van der Waals surface area contributed by atoms with Gasteiger partial charge in [0.25, 0.3) is 0 Å². The van der Waals surface area contributed by atoms with E-state index in [-0.39, 0.29) is 16.4 Å². The molecule has 1 heterocycles. The summed E-state index contributed by atoms with van der Waals surface area (Å²) in [6, 6.07) is 3.97. The fraction of sp³-hybridized carbons (Fsp3) is 0.0909. The zero-order valence-corrected chi connectivity index (χ0v) is 9.20. The van der Waals surface area contributed by atoms with Crippen molar-refractivity contribution in [2.45, 2.75) is 0 Å². The molecule has 0 spiro atoms. The van der Waals surface area contributed by atoms with Gasteiger partial charge >= 0.3 is 0 Å². The molecule has 0 amide bonds. The highest BCUT2D eigenvalue weighted by Crippen LogP contribution is 2.17. The molecular formula is C11H8ClFN2O. The largest absolute Gasteiger partial charge is 0.331 e. The molecule has 2 rings (SSSR count). The van der Waals surface area contributed by atoms with E-state index >= 15 is 0 Å². The van der Waals surface area contributed by atoms with Crippen LogP contribution in [0.4, 0.5) is 4.39 Å². The Balaban J connectivity index is 2.42. The number of rotatable bonds is 2. The van der Waals surface area contributed by atoms with Gasteiger partial charge in [-0.15, -0.1) is 0 Å². The SMILES string of the molecule is Cn1cncc1C(=O)c1ccc(Cl)c(F)c1. The normalized spacial score (nSPS) is 10.4. The Hall–Kier alpha value is -1.68. The Morgan fingerprint density at radius 2 is 2.25 bits per heavy atom. The van der Waals surface area contributed by atoms with Crippen molar-refractivity contribution in [2.75, 3.05) is 0 Å². The number of hydrogen-bond donors (Lipinski definition) is 0. The van der Waals surface area contributed by atoms with Crippen LogP contribution in [-0.2, 0) is 7.05 Å². The smallest absolute Gasteiger partial charge is 0.211 e. The Labute approximate surface area is 96.5 Å². The van der Waals surface area contributed by atoms with Gasteiger partial charge in [-0.05, 0) is 18.2 Å². The van der Waals surface area contributed by atoms with Gasteiger partial charge in [0, 0.05) is 12.6 Å². The van der Waals surface area contributed by atoms with Crippen molar-refractivity contribution in [2.24, 2.45) is 7.05 Å². The minimum absolute atomic E-state index is 0.00144. The van der Waals surface area contributed by atoms with Crippen molar-refractivity contribution in [3.8, 4) is 0 Å². The molecule has 0 aliphatic carbocycles. The van der Waals surface area contributed by atoms with Gasteiger partial charge in [-0.25, -0.2) is 9.37 Å². The van der Waals surface area contributed by atoms with Crippen LogP contribution in [-0.4, -0.2) is 15.3 Å². The van der Waals surface area contributed by atoms with E-state index in [0.717, 1.165) is 6.07 Å². The van der Waals surface area contributed by atoms with Crippen molar-refractivity contribution in [1.29, 1.82) is 0 Å². The van der Waals surface area contributed by atoms with Crippen LogP contribution < -0.4 is 0 Å². The molecule has 3 nitrogen and oxygen atoms in total. The van der Waals surface area contributed by atoms with Crippen molar-refractivity contribution >= 4 is 17.4 Å². The maximum Gasteiger partial charge on any atom is 0.211 e. The summed E-state index contributed by atoms with van der Waals surface area (Å²) >= 11 is 5.54. The van der Waals surface area contributed by atoms with Crippen LogP contribution in [0.15, 0.2) is 30.7 Å². The molecule has 2 aromatic rings. The summed E-state index contributed by atoms with van der Waals surface area (Å²) in [6.45, 7) is 0. The zero-order chi connectivity index (χ0) is 11.7. The molecule has 0 saturated carbocycles. The Kier molecular flexibility index (Phi) is 2.75. The fourth-order valence-electron chi connectivity index (χ4n) is 1.36. The number of carbonyl (C=O) groups is 1. The van der Waals surface area contributed by atoms with Crippen molar-refractivity contribution in [3.05, 3.63) is 52.8 Å². The number of ketones is 1. The molecule has 0 fully saturated rings. The van der Waals surface area contributed by atoms with Crippen molar-refractivity contribution < 1.29 is 9.18 Å². The van der Waals surface area contributed by atoms with E-state index in [1.54, 1.807) is 11.6 Å². The molecule has 0 N–H and O–H groups in total. The summed E-state index contributed by atoms with van der Waals surface area (Å²) in [5.41, 5.74) is 0.659. The van der Waals surface area contributed by atoms with Gasteiger partial charge in [0.2, 0.25) is 5.78 Å². The van der Waals surface area contributed by atoms with Gasteiger partial charge in [0.1, 0.15) is 11.5 Å². The first-order valence-electron chi connectivity index (χ1n) is 4.55. The lowest BCUT2D eigenvalue weighted by atomic mass is 10.1.